The molecule has 1 atom stereocenters. The molecule has 2 nitrogen and oxygen atoms in total. The van der Waals surface area contributed by atoms with E-state index in [1.807, 2.05) is 6.08 Å². The second-order valence-electron chi connectivity index (χ2n) is 2.57. The van der Waals surface area contributed by atoms with Crippen LogP contribution in [-0.2, 0) is 4.79 Å². The summed E-state index contributed by atoms with van der Waals surface area (Å²) in [4.78, 5) is 10.7. The van der Waals surface area contributed by atoms with Crippen molar-refractivity contribution < 1.29 is 4.79 Å². The van der Waals surface area contributed by atoms with Crippen LogP contribution in [0.1, 0.15) is 13.3 Å². The highest BCUT2D eigenvalue weighted by molar-refractivity contribution is 6.30. The van der Waals surface area contributed by atoms with Crippen LogP contribution >= 0.6 is 11.6 Å². The fraction of sp³-hybridized carbons (Fsp3) is 0.375. The van der Waals surface area contributed by atoms with Gasteiger partial charge in [-0.15, -0.1) is 0 Å². The summed E-state index contributed by atoms with van der Waals surface area (Å²) in [6.07, 6.45) is 5.88. The molecule has 1 rings (SSSR count). The normalized spacial score (nSPS) is 22.4. The molecule has 1 heterocycles. The number of allylic oxidation sites excluding steroid dienone is 2. The molecule has 1 N–H and O–H groups in total. The lowest BCUT2D eigenvalue weighted by Gasteiger charge is -2.13. The molecule has 0 spiro atoms. The van der Waals surface area contributed by atoms with Crippen LogP contribution in [0.15, 0.2) is 23.5 Å². The lowest BCUT2D eigenvalue weighted by molar-refractivity contribution is -0.117. The first kappa shape index (κ1) is 8.34. The molecular weight excluding hydrogens is 162 g/mol. The van der Waals surface area contributed by atoms with Crippen LogP contribution in [-0.4, -0.2) is 5.78 Å². The summed E-state index contributed by atoms with van der Waals surface area (Å²) < 4.78 is 0. The lowest BCUT2D eigenvalue weighted by Crippen LogP contribution is -2.10. The van der Waals surface area contributed by atoms with E-state index in [0.717, 1.165) is 0 Å². The van der Waals surface area contributed by atoms with Gasteiger partial charge in [0.2, 0.25) is 0 Å². The Labute approximate surface area is 70.9 Å². The molecule has 0 saturated carbocycles. The summed E-state index contributed by atoms with van der Waals surface area (Å²) in [5.41, 5.74) is 0. The maximum Gasteiger partial charge on any atom is 0.130 e. The summed E-state index contributed by atoms with van der Waals surface area (Å²) in [5, 5.41) is 3.55. The summed E-state index contributed by atoms with van der Waals surface area (Å²) in [5.74, 6) is 0.239. The fourth-order valence-corrected chi connectivity index (χ4v) is 1.19. The molecule has 1 aliphatic rings. The van der Waals surface area contributed by atoms with Crippen molar-refractivity contribution in [1.82, 2.24) is 5.32 Å². The van der Waals surface area contributed by atoms with Crippen molar-refractivity contribution in [1.29, 1.82) is 0 Å². The zero-order valence-electron chi connectivity index (χ0n) is 6.30. The summed E-state index contributed by atoms with van der Waals surface area (Å²) >= 11 is 5.82. The van der Waals surface area contributed by atoms with Crippen LogP contribution in [0.5, 0.6) is 0 Å². The average molecular weight is 172 g/mol. The smallest absolute Gasteiger partial charge is 0.130 e. The largest absolute Gasteiger partial charge is 0.367 e. The van der Waals surface area contributed by atoms with E-state index >= 15 is 0 Å². The van der Waals surface area contributed by atoms with Gasteiger partial charge in [0, 0.05) is 23.6 Å². The van der Waals surface area contributed by atoms with Crippen LogP contribution in [0.4, 0.5) is 0 Å². The molecule has 0 saturated heterocycles. The predicted octanol–water partition coefficient (Wildman–Crippen LogP) is 1.78. The van der Waals surface area contributed by atoms with Gasteiger partial charge in [0.15, 0.2) is 0 Å². The number of nitrogens with one attached hydrogen (secondary N) is 1. The van der Waals surface area contributed by atoms with Gasteiger partial charge in [-0.2, -0.15) is 0 Å². The van der Waals surface area contributed by atoms with Crippen molar-refractivity contribution >= 4 is 17.4 Å². The fourth-order valence-electron chi connectivity index (χ4n) is 0.974. The summed E-state index contributed by atoms with van der Waals surface area (Å²) in [7, 11) is 0. The monoisotopic (exact) mass is 171 g/mol. The van der Waals surface area contributed by atoms with E-state index in [0.29, 0.717) is 11.5 Å². The van der Waals surface area contributed by atoms with Crippen molar-refractivity contribution in [3.8, 4) is 0 Å². The van der Waals surface area contributed by atoms with Crippen molar-refractivity contribution in [3.63, 3.8) is 0 Å². The maximum absolute atomic E-state index is 10.7. The molecule has 0 aliphatic carbocycles. The number of hydrogen-bond acceptors (Lipinski definition) is 2. The lowest BCUT2D eigenvalue weighted by atomic mass is 10.0. The van der Waals surface area contributed by atoms with Gasteiger partial charge in [0.1, 0.15) is 5.78 Å². The van der Waals surface area contributed by atoms with E-state index in [4.69, 9.17) is 11.6 Å². The van der Waals surface area contributed by atoms with Gasteiger partial charge in [-0.25, -0.2) is 0 Å². The number of carbonyl (C=O) groups excluding carboxylic acids is 1. The first-order valence-electron chi connectivity index (χ1n) is 3.48. The Balaban J connectivity index is 2.56. The Morgan fingerprint density at radius 1 is 1.82 bits per heavy atom. The molecule has 11 heavy (non-hydrogen) atoms. The Kier molecular flexibility index (Phi) is 2.71. The van der Waals surface area contributed by atoms with Crippen molar-refractivity contribution in [2.24, 2.45) is 5.92 Å². The van der Waals surface area contributed by atoms with E-state index in [1.54, 1.807) is 19.3 Å². The third kappa shape index (κ3) is 2.39. The highest BCUT2D eigenvalue weighted by Gasteiger charge is 2.13. The Morgan fingerprint density at radius 2 is 2.55 bits per heavy atom. The number of Topliss-reactive ketones (excluding diaryl/α,β-unsaturated/α-hetero) is 1. The van der Waals surface area contributed by atoms with E-state index in [2.05, 4.69) is 5.32 Å². The number of carbonyl (C=O) groups is 1. The highest BCUT2D eigenvalue weighted by Crippen LogP contribution is 2.22. The third-order valence-corrected chi connectivity index (χ3v) is 1.90. The predicted molar refractivity (Wildman–Crippen MR) is 45.0 cm³/mol. The van der Waals surface area contributed by atoms with Crippen LogP contribution < -0.4 is 5.32 Å². The maximum atomic E-state index is 10.7. The molecule has 0 radical (unpaired) electrons. The second kappa shape index (κ2) is 3.58. The van der Waals surface area contributed by atoms with Gasteiger partial charge in [0.25, 0.3) is 0 Å². The third-order valence-electron chi connectivity index (χ3n) is 1.51. The van der Waals surface area contributed by atoms with E-state index in [1.165, 1.54) is 0 Å². The second-order valence-corrected chi connectivity index (χ2v) is 3.00. The molecule has 0 bridgehead atoms. The van der Waals surface area contributed by atoms with Gasteiger partial charge >= 0.3 is 0 Å². The van der Waals surface area contributed by atoms with Crippen molar-refractivity contribution in [3.05, 3.63) is 23.5 Å². The number of hydrogen-bond donors (Lipinski definition) is 1. The van der Waals surface area contributed by atoms with E-state index in [-0.39, 0.29) is 11.7 Å². The van der Waals surface area contributed by atoms with Gasteiger partial charge in [0.05, 0.1) is 0 Å². The minimum absolute atomic E-state index is 0.0791. The van der Waals surface area contributed by atoms with Crippen molar-refractivity contribution in [2.75, 3.05) is 0 Å². The van der Waals surface area contributed by atoms with Crippen molar-refractivity contribution in [2.45, 2.75) is 13.3 Å². The van der Waals surface area contributed by atoms with Crippen LogP contribution in [0.3, 0.4) is 0 Å². The van der Waals surface area contributed by atoms with Gasteiger partial charge in [-0.05, 0) is 13.1 Å². The highest BCUT2D eigenvalue weighted by atomic mass is 35.5. The Bertz CT molecular complexity index is 220. The molecule has 1 unspecified atom stereocenters. The van der Waals surface area contributed by atoms with Crippen LogP contribution in [0.25, 0.3) is 0 Å². The SMILES string of the molecule is CC(=O)CC1C=CNC=C1Cl. The molecule has 0 aromatic rings. The van der Waals surface area contributed by atoms with Crippen LogP contribution in [0, 0.1) is 5.92 Å². The molecule has 0 aromatic heterocycles. The van der Waals surface area contributed by atoms with Crippen LogP contribution in [0.2, 0.25) is 0 Å². The molecule has 60 valence electrons. The molecule has 3 heteroatoms. The van der Waals surface area contributed by atoms with Gasteiger partial charge < -0.3 is 5.32 Å². The van der Waals surface area contributed by atoms with E-state index in [9.17, 15) is 4.79 Å². The topological polar surface area (TPSA) is 29.1 Å². The Hall–Kier alpha value is -0.760. The minimum atomic E-state index is 0.0791. The molecule has 0 amide bonds. The van der Waals surface area contributed by atoms with Gasteiger partial charge in [-0.3, -0.25) is 4.79 Å². The first-order chi connectivity index (χ1) is 5.20. The summed E-state index contributed by atoms with van der Waals surface area (Å²) in [6, 6.07) is 0. The molecule has 0 fully saturated rings. The number of ketones is 1. The first-order valence-corrected chi connectivity index (χ1v) is 3.85. The number of dihydropyridines is 1. The number of rotatable bonds is 2. The minimum Gasteiger partial charge on any atom is -0.367 e. The molecule has 1 aliphatic heterocycles. The quantitative estimate of drug-likeness (QED) is 0.686. The number of halogens is 1. The molecule has 0 aromatic carbocycles. The zero-order valence-corrected chi connectivity index (χ0v) is 7.06. The average Bonchev–Trinajstić information content (AvgIpc) is 1.93. The van der Waals surface area contributed by atoms with E-state index < -0.39 is 0 Å². The zero-order chi connectivity index (χ0) is 8.27. The van der Waals surface area contributed by atoms with Gasteiger partial charge in [-0.1, -0.05) is 17.7 Å². The molecular formula is C8H10ClNO. The Morgan fingerprint density at radius 3 is 3.09 bits per heavy atom. The standard InChI is InChI=1S/C8H10ClNO/c1-6(11)4-7-2-3-10-5-8(7)9/h2-3,5,7,10H,4H2,1H3. The summed E-state index contributed by atoms with van der Waals surface area (Å²) in [6.45, 7) is 1.57.